The van der Waals surface area contributed by atoms with Crippen molar-refractivity contribution in [2.75, 3.05) is 26.2 Å². The van der Waals surface area contributed by atoms with Crippen LogP contribution in [0.1, 0.15) is 30.9 Å². The average molecular weight is 565 g/mol. The maximum Gasteiger partial charge on any atom is 0.407 e. The van der Waals surface area contributed by atoms with E-state index in [9.17, 15) is 29.6 Å². The molecule has 2 aliphatic rings. The van der Waals surface area contributed by atoms with Gasteiger partial charge in [-0.2, -0.15) is 0 Å². The number of likely N-dealkylation sites (tertiary alicyclic amines) is 2. The first-order chi connectivity index (χ1) is 19.2. The smallest absolute Gasteiger partial charge is 0.407 e. The van der Waals surface area contributed by atoms with Gasteiger partial charge in [0.05, 0.1) is 10.5 Å². The molecule has 0 saturated carbocycles. The van der Waals surface area contributed by atoms with Gasteiger partial charge in [0.1, 0.15) is 6.04 Å². The number of hydrogen-bond donors (Lipinski definition) is 1. The highest BCUT2D eigenvalue weighted by Crippen LogP contribution is 2.40. The molecule has 3 aromatic rings. The first kappa shape index (κ1) is 27.4. The first-order valence-corrected chi connectivity index (χ1v) is 13.5. The number of halogens is 1. The Bertz CT molecular complexity index is 1510. The summed E-state index contributed by atoms with van der Waals surface area (Å²) in [6.45, 7) is 1.80. The number of aromatic nitrogens is 1. The molecule has 2 fully saturated rings. The van der Waals surface area contributed by atoms with Gasteiger partial charge in [0.2, 0.25) is 5.91 Å². The summed E-state index contributed by atoms with van der Waals surface area (Å²) >= 11 is 6.09. The maximum absolute atomic E-state index is 14.0. The minimum Gasteiger partial charge on any atom is -0.465 e. The molecule has 2 saturated heterocycles. The lowest BCUT2D eigenvalue weighted by atomic mass is 9.79. The predicted octanol–water partition coefficient (Wildman–Crippen LogP) is 4.85. The molecule has 0 aliphatic carbocycles. The Morgan fingerprint density at radius 1 is 1.02 bits per heavy atom. The molecule has 2 unspecified atom stereocenters. The Kier molecular flexibility index (Phi) is 7.62. The van der Waals surface area contributed by atoms with Gasteiger partial charge in [0.25, 0.3) is 11.2 Å². The van der Waals surface area contributed by atoms with Crippen molar-refractivity contribution in [1.82, 2.24) is 14.4 Å². The van der Waals surface area contributed by atoms with Gasteiger partial charge < -0.3 is 19.5 Å². The van der Waals surface area contributed by atoms with Gasteiger partial charge in [0, 0.05) is 61.4 Å². The number of nitro groups is 1. The molecular weight excluding hydrogens is 536 g/mol. The largest absolute Gasteiger partial charge is 0.465 e. The summed E-state index contributed by atoms with van der Waals surface area (Å²) in [4.78, 5) is 53.3. The minimum atomic E-state index is -0.947. The van der Waals surface area contributed by atoms with Gasteiger partial charge in [-0.25, -0.2) is 4.79 Å². The van der Waals surface area contributed by atoms with E-state index in [2.05, 4.69) is 0 Å². The zero-order valence-electron chi connectivity index (χ0n) is 21.7. The van der Waals surface area contributed by atoms with E-state index in [0.717, 1.165) is 18.4 Å². The summed E-state index contributed by atoms with van der Waals surface area (Å²) in [6.07, 6.45) is 3.13. The molecule has 10 nitrogen and oxygen atoms in total. The molecule has 3 heterocycles. The molecule has 0 bridgehead atoms. The normalized spacial score (nSPS) is 19.5. The topological polar surface area (TPSA) is 126 Å². The third-order valence-corrected chi connectivity index (χ3v) is 8.22. The van der Waals surface area contributed by atoms with Crippen molar-refractivity contribution in [2.24, 2.45) is 5.41 Å². The number of nitrogens with zero attached hydrogens (tertiary/aromatic N) is 4. The van der Waals surface area contributed by atoms with Gasteiger partial charge in [-0.1, -0.05) is 41.9 Å². The van der Waals surface area contributed by atoms with Crippen molar-refractivity contribution in [3.63, 3.8) is 0 Å². The number of amides is 2. The number of nitro benzene ring substituents is 1. The Hall–Kier alpha value is -4.18. The van der Waals surface area contributed by atoms with Crippen LogP contribution in [0.3, 0.4) is 0 Å². The highest BCUT2D eigenvalue weighted by atomic mass is 35.5. The van der Waals surface area contributed by atoms with Crippen LogP contribution in [-0.2, 0) is 11.2 Å². The third kappa shape index (κ3) is 5.58. The molecule has 1 aromatic heterocycles. The van der Waals surface area contributed by atoms with Crippen molar-refractivity contribution < 1.29 is 19.6 Å². The zero-order valence-corrected chi connectivity index (χ0v) is 22.5. The number of carboxylic acid groups (broad SMARTS) is 1. The molecule has 0 radical (unpaired) electrons. The van der Waals surface area contributed by atoms with Crippen molar-refractivity contribution >= 4 is 29.3 Å². The fourth-order valence-corrected chi connectivity index (χ4v) is 6.17. The van der Waals surface area contributed by atoms with Crippen molar-refractivity contribution in [2.45, 2.75) is 31.7 Å². The average Bonchev–Trinajstić information content (AvgIpc) is 3.34. The van der Waals surface area contributed by atoms with Gasteiger partial charge in [-0.15, -0.1) is 0 Å². The van der Waals surface area contributed by atoms with Crippen LogP contribution in [0, 0.1) is 15.5 Å². The number of carbonyl (C=O) groups is 2. The Balaban J connectivity index is 1.47. The van der Waals surface area contributed by atoms with Gasteiger partial charge in [0.15, 0.2) is 0 Å². The van der Waals surface area contributed by atoms with Gasteiger partial charge in [-0.05, 0) is 48.6 Å². The highest BCUT2D eigenvalue weighted by Gasteiger charge is 2.45. The molecule has 2 aliphatic heterocycles. The van der Waals surface area contributed by atoms with E-state index in [4.69, 9.17) is 11.6 Å². The first-order valence-electron chi connectivity index (χ1n) is 13.1. The van der Waals surface area contributed by atoms with Crippen LogP contribution in [-0.4, -0.2) is 62.6 Å². The quantitative estimate of drug-likeness (QED) is 0.337. The van der Waals surface area contributed by atoms with Crippen molar-refractivity contribution in [3.05, 3.63) is 97.9 Å². The lowest BCUT2D eigenvalue weighted by Crippen LogP contribution is -2.48. The lowest BCUT2D eigenvalue weighted by Gasteiger charge is -2.39. The fourth-order valence-electron chi connectivity index (χ4n) is 5.99. The summed E-state index contributed by atoms with van der Waals surface area (Å²) in [6, 6.07) is 15.6. The lowest BCUT2D eigenvalue weighted by molar-refractivity contribution is -0.384. The molecule has 11 heteroatoms. The Morgan fingerprint density at radius 2 is 1.77 bits per heavy atom. The van der Waals surface area contributed by atoms with E-state index < -0.39 is 22.6 Å². The van der Waals surface area contributed by atoms with Crippen LogP contribution in [0.15, 0.2) is 71.7 Å². The SMILES string of the molecule is O=C(O)N1CCCC2(CCN(C(=O)C(Cc3ccccc3)n3ccc(-c4cc(Cl)ccc4[N+](=O)[O-])cc3=O)C2)C1. The van der Waals surface area contributed by atoms with Crippen LogP contribution in [0.4, 0.5) is 10.5 Å². The van der Waals surface area contributed by atoms with Crippen LogP contribution < -0.4 is 5.56 Å². The molecule has 1 spiro atoms. The molecule has 40 heavy (non-hydrogen) atoms. The molecule has 208 valence electrons. The highest BCUT2D eigenvalue weighted by molar-refractivity contribution is 6.31. The van der Waals surface area contributed by atoms with Crippen LogP contribution >= 0.6 is 11.6 Å². The van der Waals surface area contributed by atoms with E-state index in [1.165, 1.54) is 39.9 Å². The molecule has 1 N–H and O–H groups in total. The second-order valence-corrected chi connectivity index (χ2v) is 11.0. The number of rotatable bonds is 6. The van der Waals surface area contributed by atoms with E-state index in [-0.39, 0.29) is 29.0 Å². The molecule has 2 atom stereocenters. The Labute approximate surface area is 235 Å². The van der Waals surface area contributed by atoms with Gasteiger partial charge in [-0.3, -0.25) is 19.7 Å². The monoisotopic (exact) mass is 564 g/mol. The van der Waals surface area contributed by atoms with E-state index in [1.807, 2.05) is 30.3 Å². The maximum atomic E-state index is 14.0. The second kappa shape index (κ2) is 11.1. The number of carbonyl (C=O) groups excluding carboxylic acids is 1. The molecule has 5 rings (SSSR count). The number of hydrogen-bond acceptors (Lipinski definition) is 5. The number of piperidine rings is 1. The second-order valence-electron chi connectivity index (χ2n) is 10.6. The zero-order chi connectivity index (χ0) is 28.4. The Morgan fingerprint density at radius 3 is 2.48 bits per heavy atom. The third-order valence-electron chi connectivity index (χ3n) is 7.99. The van der Waals surface area contributed by atoms with Crippen molar-refractivity contribution in [1.29, 1.82) is 0 Å². The summed E-state index contributed by atoms with van der Waals surface area (Å²) in [5.41, 5.74) is 0.496. The number of pyridine rings is 1. The van der Waals surface area contributed by atoms with Crippen molar-refractivity contribution in [3.8, 4) is 11.1 Å². The predicted molar refractivity (Wildman–Crippen MR) is 149 cm³/mol. The summed E-state index contributed by atoms with van der Waals surface area (Å²) in [7, 11) is 0. The summed E-state index contributed by atoms with van der Waals surface area (Å²) in [5.74, 6) is -0.211. The van der Waals surface area contributed by atoms with Crippen LogP contribution in [0.25, 0.3) is 11.1 Å². The van der Waals surface area contributed by atoms with E-state index in [0.29, 0.717) is 43.2 Å². The van der Waals surface area contributed by atoms with Gasteiger partial charge >= 0.3 is 6.09 Å². The van der Waals surface area contributed by atoms with E-state index in [1.54, 1.807) is 11.0 Å². The minimum absolute atomic E-state index is 0.177. The molecular formula is C29H29ClN4O6. The van der Waals surface area contributed by atoms with E-state index >= 15 is 0 Å². The van der Waals surface area contributed by atoms with Crippen LogP contribution in [0.5, 0.6) is 0 Å². The molecule has 2 amide bonds. The summed E-state index contributed by atoms with van der Waals surface area (Å²) in [5, 5.41) is 21.4. The summed E-state index contributed by atoms with van der Waals surface area (Å²) < 4.78 is 1.38. The number of benzene rings is 2. The fraction of sp³-hybridized carbons (Fsp3) is 0.345. The van der Waals surface area contributed by atoms with Crippen LogP contribution in [0.2, 0.25) is 5.02 Å². The molecule has 2 aromatic carbocycles. The standard InChI is InChI=1S/C29H29ClN4O6/c30-22-7-8-24(34(39)40)23(17-22)21-9-13-33(26(35)16-21)25(15-20-5-2-1-3-6-20)27(36)31-14-11-29(18-31)10-4-12-32(19-29)28(37)38/h1-3,5-9,13,16-17,25H,4,10-12,14-15,18-19H2,(H,37,38).